The fourth-order valence-electron chi connectivity index (χ4n) is 1.55. The van der Waals surface area contributed by atoms with Crippen molar-refractivity contribution >= 4 is 11.8 Å². The normalized spacial score (nSPS) is 12.4. The van der Waals surface area contributed by atoms with E-state index in [0.29, 0.717) is 0 Å². The summed E-state index contributed by atoms with van der Waals surface area (Å²) in [4.78, 5) is 13.1. The minimum atomic E-state index is 0.00835. The summed E-state index contributed by atoms with van der Waals surface area (Å²) >= 11 is 1.46. The first-order chi connectivity index (χ1) is 8.54. The van der Waals surface area contributed by atoms with Crippen LogP contribution in [0, 0.1) is 13.8 Å². The molecule has 2 rings (SSSR count). The van der Waals surface area contributed by atoms with Crippen molar-refractivity contribution < 1.29 is 0 Å². The predicted molar refractivity (Wildman–Crippen MR) is 72.5 cm³/mol. The van der Waals surface area contributed by atoms with Crippen LogP contribution >= 0.6 is 11.8 Å². The van der Waals surface area contributed by atoms with Gasteiger partial charge in [-0.15, -0.1) is 0 Å². The molecule has 2 aromatic heterocycles. The van der Waals surface area contributed by atoms with Gasteiger partial charge in [-0.1, -0.05) is 6.07 Å². The molecule has 5 heteroatoms. The first kappa shape index (κ1) is 13.0. The minimum absolute atomic E-state index is 0.00835. The van der Waals surface area contributed by atoms with Crippen LogP contribution in [0.5, 0.6) is 0 Å². The molecule has 0 spiro atoms. The lowest BCUT2D eigenvalue weighted by atomic mass is 10.2. The molecule has 2 aromatic rings. The Morgan fingerprint density at radius 2 is 1.83 bits per heavy atom. The van der Waals surface area contributed by atoms with Crippen molar-refractivity contribution in [3.63, 3.8) is 0 Å². The van der Waals surface area contributed by atoms with Gasteiger partial charge in [0.15, 0.2) is 5.16 Å². The molecule has 2 N–H and O–H groups in total. The van der Waals surface area contributed by atoms with E-state index in [4.69, 9.17) is 5.73 Å². The molecule has 0 aromatic carbocycles. The Labute approximate surface area is 111 Å². The molecule has 0 fully saturated rings. The van der Waals surface area contributed by atoms with E-state index in [1.165, 1.54) is 11.8 Å². The average Bonchev–Trinajstić information content (AvgIpc) is 2.28. The molecule has 0 unspecified atom stereocenters. The van der Waals surface area contributed by atoms with E-state index in [2.05, 4.69) is 15.0 Å². The third kappa shape index (κ3) is 3.27. The maximum absolute atomic E-state index is 5.78. The first-order valence-electron chi connectivity index (χ1n) is 5.76. The molecular weight excluding hydrogens is 244 g/mol. The summed E-state index contributed by atoms with van der Waals surface area (Å²) in [5.41, 5.74) is 8.75. The number of hydrogen-bond donors (Lipinski definition) is 1. The van der Waals surface area contributed by atoms with Crippen LogP contribution in [-0.4, -0.2) is 15.0 Å². The van der Waals surface area contributed by atoms with Crippen LogP contribution in [0.2, 0.25) is 0 Å². The summed E-state index contributed by atoms with van der Waals surface area (Å²) in [5.74, 6) is 0. The van der Waals surface area contributed by atoms with Crippen LogP contribution in [0.3, 0.4) is 0 Å². The van der Waals surface area contributed by atoms with Crippen molar-refractivity contribution in [3.8, 4) is 0 Å². The number of pyridine rings is 1. The molecule has 0 bridgehead atoms. The fraction of sp³-hybridized carbons (Fsp3) is 0.308. The van der Waals surface area contributed by atoms with Gasteiger partial charge in [0.25, 0.3) is 0 Å². The zero-order valence-corrected chi connectivity index (χ0v) is 11.5. The predicted octanol–water partition coefficient (Wildman–Crippen LogP) is 2.66. The minimum Gasteiger partial charge on any atom is -0.324 e. The Kier molecular flexibility index (Phi) is 3.93. The zero-order chi connectivity index (χ0) is 13.1. The van der Waals surface area contributed by atoms with E-state index < -0.39 is 0 Å². The molecule has 0 amide bonds. The third-order valence-electron chi connectivity index (χ3n) is 2.44. The Morgan fingerprint density at radius 3 is 2.33 bits per heavy atom. The number of aromatic nitrogens is 3. The molecule has 4 nitrogen and oxygen atoms in total. The summed E-state index contributed by atoms with van der Waals surface area (Å²) in [6.07, 6.45) is 1.80. The second-order valence-electron chi connectivity index (χ2n) is 4.25. The molecule has 0 saturated heterocycles. The highest BCUT2D eigenvalue weighted by atomic mass is 32.2. The first-order valence-corrected chi connectivity index (χ1v) is 6.58. The van der Waals surface area contributed by atoms with Gasteiger partial charge in [-0.3, -0.25) is 0 Å². The highest BCUT2D eigenvalue weighted by Crippen LogP contribution is 2.23. The highest BCUT2D eigenvalue weighted by Gasteiger charge is 2.05. The lowest BCUT2D eigenvalue weighted by Gasteiger charge is -2.06. The van der Waals surface area contributed by atoms with Crippen LogP contribution in [0.15, 0.2) is 34.6 Å². The van der Waals surface area contributed by atoms with E-state index in [9.17, 15) is 0 Å². The molecule has 0 saturated carbocycles. The smallest absolute Gasteiger partial charge is 0.194 e. The van der Waals surface area contributed by atoms with E-state index >= 15 is 0 Å². The lowest BCUT2D eigenvalue weighted by molar-refractivity contribution is 0.805. The van der Waals surface area contributed by atoms with Gasteiger partial charge in [0.05, 0.1) is 0 Å². The molecule has 0 aliphatic heterocycles. The van der Waals surface area contributed by atoms with Crippen LogP contribution in [0.1, 0.15) is 29.9 Å². The number of nitrogens with two attached hydrogens (primary N) is 1. The van der Waals surface area contributed by atoms with Crippen molar-refractivity contribution in [1.29, 1.82) is 0 Å². The van der Waals surface area contributed by atoms with Gasteiger partial charge in [-0.2, -0.15) is 0 Å². The summed E-state index contributed by atoms with van der Waals surface area (Å²) in [7, 11) is 0. The van der Waals surface area contributed by atoms with Gasteiger partial charge in [-0.05, 0) is 50.2 Å². The summed E-state index contributed by atoms with van der Waals surface area (Å²) < 4.78 is 0. The lowest BCUT2D eigenvalue weighted by Crippen LogP contribution is -2.05. The SMILES string of the molecule is Cc1cc(C)nc(Sc2ccc([C@@H](C)N)cn2)n1. The number of hydrogen-bond acceptors (Lipinski definition) is 5. The Hall–Kier alpha value is -1.46. The van der Waals surface area contributed by atoms with Crippen LogP contribution < -0.4 is 5.73 Å². The van der Waals surface area contributed by atoms with Crippen LogP contribution in [0.25, 0.3) is 0 Å². The van der Waals surface area contributed by atoms with E-state index in [1.54, 1.807) is 6.20 Å². The average molecular weight is 260 g/mol. The summed E-state index contributed by atoms with van der Waals surface area (Å²) in [5, 5.41) is 1.61. The fourth-order valence-corrected chi connectivity index (χ4v) is 2.36. The Morgan fingerprint density at radius 1 is 1.17 bits per heavy atom. The molecule has 2 heterocycles. The van der Waals surface area contributed by atoms with Crippen molar-refractivity contribution in [2.24, 2.45) is 5.73 Å². The van der Waals surface area contributed by atoms with Crippen molar-refractivity contribution in [2.75, 3.05) is 0 Å². The highest BCUT2D eigenvalue weighted by molar-refractivity contribution is 7.99. The maximum atomic E-state index is 5.78. The molecule has 0 radical (unpaired) electrons. The van der Waals surface area contributed by atoms with Crippen LogP contribution in [0.4, 0.5) is 0 Å². The van der Waals surface area contributed by atoms with Gasteiger partial charge in [0.2, 0.25) is 0 Å². The number of nitrogens with zero attached hydrogens (tertiary/aromatic N) is 3. The van der Waals surface area contributed by atoms with Gasteiger partial charge in [0.1, 0.15) is 5.03 Å². The third-order valence-corrected chi connectivity index (χ3v) is 3.26. The largest absolute Gasteiger partial charge is 0.324 e. The Balaban J connectivity index is 2.18. The van der Waals surface area contributed by atoms with Crippen molar-refractivity contribution in [3.05, 3.63) is 41.3 Å². The van der Waals surface area contributed by atoms with Crippen molar-refractivity contribution in [1.82, 2.24) is 15.0 Å². The molecular formula is C13H16N4S. The quantitative estimate of drug-likeness (QED) is 0.859. The standard InChI is InChI=1S/C13H16N4S/c1-8-6-9(2)17-13(16-8)18-12-5-4-11(7-15-12)10(3)14/h4-7,10H,14H2,1-3H3/t10-/m1/s1. The molecule has 1 atom stereocenters. The summed E-state index contributed by atoms with van der Waals surface area (Å²) in [6, 6.07) is 5.90. The van der Waals surface area contributed by atoms with Crippen molar-refractivity contribution in [2.45, 2.75) is 37.0 Å². The molecule has 0 aliphatic carbocycles. The maximum Gasteiger partial charge on any atom is 0.194 e. The van der Waals surface area contributed by atoms with Gasteiger partial charge in [0, 0.05) is 23.6 Å². The second kappa shape index (κ2) is 5.46. The molecule has 0 aliphatic rings. The van der Waals surface area contributed by atoms with E-state index in [-0.39, 0.29) is 6.04 Å². The van der Waals surface area contributed by atoms with E-state index in [1.807, 2.05) is 39.0 Å². The van der Waals surface area contributed by atoms with Gasteiger partial charge < -0.3 is 5.73 Å². The van der Waals surface area contributed by atoms with Gasteiger partial charge >= 0.3 is 0 Å². The number of rotatable bonds is 3. The number of aryl methyl sites for hydroxylation is 2. The Bertz CT molecular complexity index is 517. The molecule has 18 heavy (non-hydrogen) atoms. The second-order valence-corrected chi connectivity index (χ2v) is 5.24. The van der Waals surface area contributed by atoms with E-state index in [0.717, 1.165) is 27.1 Å². The van der Waals surface area contributed by atoms with Crippen LogP contribution in [-0.2, 0) is 0 Å². The summed E-state index contributed by atoms with van der Waals surface area (Å²) in [6.45, 7) is 5.87. The zero-order valence-electron chi connectivity index (χ0n) is 10.7. The topological polar surface area (TPSA) is 64.7 Å². The molecule has 94 valence electrons. The monoisotopic (exact) mass is 260 g/mol. The van der Waals surface area contributed by atoms with Gasteiger partial charge in [-0.25, -0.2) is 15.0 Å².